The molecule has 2 heteroatoms. The summed E-state index contributed by atoms with van der Waals surface area (Å²) in [6.45, 7) is 0. The van der Waals surface area contributed by atoms with Crippen molar-refractivity contribution in [2.45, 2.75) is 12.8 Å². The quantitative estimate of drug-likeness (QED) is 0.593. The molecule has 0 aliphatic heterocycles. The molecule has 1 aromatic heterocycles. The molecule has 1 aromatic rings. The van der Waals surface area contributed by atoms with E-state index in [2.05, 4.69) is 29.9 Å². The lowest BCUT2D eigenvalue weighted by Crippen LogP contribution is -1.94. The molecule has 0 unspecified atom stereocenters. The molecule has 1 rings (SSSR count). The van der Waals surface area contributed by atoms with Crippen LogP contribution in [-0.2, 0) is 13.5 Å². The van der Waals surface area contributed by atoms with Crippen molar-refractivity contribution >= 4 is 11.6 Å². The second-order valence-electron chi connectivity index (χ2n) is 2.40. The molecule has 0 bridgehead atoms. The molecule has 1 nitrogen and oxygen atoms in total. The zero-order valence-corrected chi connectivity index (χ0v) is 6.93. The first-order valence-electron chi connectivity index (χ1n) is 3.51. The third-order valence-electron chi connectivity index (χ3n) is 1.62. The molecule has 1 heterocycles. The van der Waals surface area contributed by atoms with Gasteiger partial charge in [0.1, 0.15) is 0 Å². The molecule has 0 fully saturated rings. The maximum absolute atomic E-state index is 5.56. The van der Waals surface area contributed by atoms with Crippen molar-refractivity contribution in [2.24, 2.45) is 7.05 Å². The Labute approximate surface area is 66.6 Å². The lowest BCUT2D eigenvalue weighted by atomic mass is 10.2. The SMILES string of the molecule is Cn1cccc1CCCCl. The Balaban J connectivity index is 2.49. The highest BCUT2D eigenvalue weighted by Crippen LogP contribution is 2.03. The average Bonchev–Trinajstić information content (AvgIpc) is 2.31. The van der Waals surface area contributed by atoms with Crippen LogP contribution in [-0.4, -0.2) is 10.4 Å². The van der Waals surface area contributed by atoms with E-state index in [1.807, 2.05) is 0 Å². The Kier molecular flexibility index (Phi) is 2.82. The Morgan fingerprint density at radius 2 is 2.40 bits per heavy atom. The van der Waals surface area contributed by atoms with Crippen LogP contribution in [0, 0.1) is 0 Å². The number of rotatable bonds is 3. The van der Waals surface area contributed by atoms with Crippen LogP contribution in [0.2, 0.25) is 0 Å². The molecule has 10 heavy (non-hydrogen) atoms. The number of aromatic nitrogens is 1. The average molecular weight is 158 g/mol. The Morgan fingerprint density at radius 1 is 1.60 bits per heavy atom. The van der Waals surface area contributed by atoms with E-state index in [-0.39, 0.29) is 0 Å². The maximum Gasteiger partial charge on any atom is 0.0227 e. The summed E-state index contributed by atoms with van der Waals surface area (Å²) < 4.78 is 2.13. The normalized spacial score (nSPS) is 10.2. The van der Waals surface area contributed by atoms with E-state index < -0.39 is 0 Å². The molecular weight excluding hydrogens is 146 g/mol. The molecule has 0 aliphatic rings. The van der Waals surface area contributed by atoms with Crippen molar-refractivity contribution < 1.29 is 0 Å². The predicted molar refractivity (Wildman–Crippen MR) is 44.5 cm³/mol. The van der Waals surface area contributed by atoms with Gasteiger partial charge in [-0.15, -0.1) is 11.6 Å². The van der Waals surface area contributed by atoms with Gasteiger partial charge in [0.25, 0.3) is 0 Å². The molecule has 0 saturated heterocycles. The van der Waals surface area contributed by atoms with Gasteiger partial charge in [-0.1, -0.05) is 0 Å². The van der Waals surface area contributed by atoms with Crippen LogP contribution >= 0.6 is 11.6 Å². The molecule has 0 atom stereocenters. The zero-order chi connectivity index (χ0) is 7.40. The molecule has 0 saturated carbocycles. The van der Waals surface area contributed by atoms with Crippen molar-refractivity contribution in [3.63, 3.8) is 0 Å². The standard InChI is InChI=1S/C8H12ClN/c1-10-7-3-5-8(10)4-2-6-9/h3,5,7H,2,4,6H2,1H3. The maximum atomic E-state index is 5.56. The molecule has 0 aliphatic carbocycles. The molecule has 0 aromatic carbocycles. The Hall–Kier alpha value is -0.430. The minimum absolute atomic E-state index is 0.755. The number of aryl methyl sites for hydroxylation is 2. The van der Waals surface area contributed by atoms with Gasteiger partial charge in [-0.05, 0) is 25.0 Å². The fourth-order valence-electron chi connectivity index (χ4n) is 1.00. The van der Waals surface area contributed by atoms with Crippen LogP contribution in [0.15, 0.2) is 18.3 Å². The fraction of sp³-hybridized carbons (Fsp3) is 0.500. The van der Waals surface area contributed by atoms with Crippen LogP contribution in [0.25, 0.3) is 0 Å². The lowest BCUT2D eigenvalue weighted by molar-refractivity contribution is 0.790. The van der Waals surface area contributed by atoms with Gasteiger partial charge in [-0.2, -0.15) is 0 Å². The van der Waals surface area contributed by atoms with E-state index in [1.165, 1.54) is 5.69 Å². The highest BCUT2D eigenvalue weighted by molar-refractivity contribution is 6.17. The van der Waals surface area contributed by atoms with Crippen molar-refractivity contribution in [3.05, 3.63) is 24.0 Å². The highest BCUT2D eigenvalue weighted by atomic mass is 35.5. The van der Waals surface area contributed by atoms with Gasteiger partial charge in [0.05, 0.1) is 0 Å². The van der Waals surface area contributed by atoms with Crippen LogP contribution in [0.4, 0.5) is 0 Å². The molecule has 0 spiro atoms. The predicted octanol–water partition coefficient (Wildman–Crippen LogP) is 2.20. The molecule has 0 N–H and O–H groups in total. The molecule has 0 radical (unpaired) electrons. The summed E-state index contributed by atoms with van der Waals surface area (Å²) in [5.74, 6) is 0.755. The number of hydrogen-bond donors (Lipinski definition) is 0. The summed E-state index contributed by atoms with van der Waals surface area (Å²) in [5, 5.41) is 0. The van der Waals surface area contributed by atoms with E-state index >= 15 is 0 Å². The molecular formula is C8H12ClN. The summed E-state index contributed by atoms with van der Waals surface area (Å²) in [6, 6.07) is 4.19. The smallest absolute Gasteiger partial charge is 0.0227 e. The van der Waals surface area contributed by atoms with Crippen molar-refractivity contribution in [1.29, 1.82) is 0 Å². The zero-order valence-electron chi connectivity index (χ0n) is 6.18. The van der Waals surface area contributed by atoms with Crippen LogP contribution in [0.3, 0.4) is 0 Å². The molecule has 0 amide bonds. The minimum atomic E-state index is 0.755. The Morgan fingerprint density at radius 3 is 2.90 bits per heavy atom. The fourth-order valence-corrected chi connectivity index (χ4v) is 1.14. The van der Waals surface area contributed by atoms with Gasteiger partial charge < -0.3 is 4.57 Å². The van der Waals surface area contributed by atoms with Gasteiger partial charge >= 0.3 is 0 Å². The second-order valence-corrected chi connectivity index (χ2v) is 2.78. The van der Waals surface area contributed by atoms with E-state index in [1.54, 1.807) is 0 Å². The second kappa shape index (κ2) is 3.67. The van der Waals surface area contributed by atoms with Gasteiger partial charge in [-0.25, -0.2) is 0 Å². The lowest BCUT2D eigenvalue weighted by Gasteiger charge is -1.99. The summed E-state index contributed by atoms with van der Waals surface area (Å²) in [4.78, 5) is 0. The number of alkyl halides is 1. The number of nitrogens with zero attached hydrogens (tertiary/aromatic N) is 1. The van der Waals surface area contributed by atoms with E-state index in [0.717, 1.165) is 18.7 Å². The summed E-state index contributed by atoms with van der Waals surface area (Å²) in [7, 11) is 2.06. The highest BCUT2D eigenvalue weighted by Gasteiger charge is 1.94. The third kappa shape index (κ3) is 1.77. The summed E-state index contributed by atoms with van der Waals surface area (Å²) in [6.07, 6.45) is 4.22. The minimum Gasteiger partial charge on any atom is -0.354 e. The van der Waals surface area contributed by atoms with Crippen LogP contribution in [0.1, 0.15) is 12.1 Å². The van der Waals surface area contributed by atoms with Crippen molar-refractivity contribution in [2.75, 3.05) is 5.88 Å². The van der Waals surface area contributed by atoms with Gasteiger partial charge in [0, 0.05) is 24.8 Å². The van der Waals surface area contributed by atoms with Gasteiger partial charge in [0.15, 0.2) is 0 Å². The van der Waals surface area contributed by atoms with Crippen molar-refractivity contribution in [1.82, 2.24) is 4.57 Å². The van der Waals surface area contributed by atoms with Crippen LogP contribution < -0.4 is 0 Å². The van der Waals surface area contributed by atoms with E-state index in [9.17, 15) is 0 Å². The summed E-state index contributed by atoms with van der Waals surface area (Å²) in [5.41, 5.74) is 1.36. The van der Waals surface area contributed by atoms with Crippen LogP contribution in [0.5, 0.6) is 0 Å². The van der Waals surface area contributed by atoms with E-state index in [0.29, 0.717) is 0 Å². The van der Waals surface area contributed by atoms with Gasteiger partial charge in [0.2, 0.25) is 0 Å². The first-order valence-corrected chi connectivity index (χ1v) is 4.04. The topological polar surface area (TPSA) is 4.93 Å². The third-order valence-corrected chi connectivity index (χ3v) is 1.89. The summed E-state index contributed by atoms with van der Waals surface area (Å²) >= 11 is 5.56. The van der Waals surface area contributed by atoms with Crippen molar-refractivity contribution in [3.8, 4) is 0 Å². The van der Waals surface area contributed by atoms with Gasteiger partial charge in [-0.3, -0.25) is 0 Å². The largest absolute Gasteiger partial charge is 0.354 e. The monoisotopic (exact) mass is 157 g/mol. The first-order chi connectivity index (χ1) is 4.84. The number of hydrogen-bond acceptors (Lipinski definition) is 0. The first kappa shape index (κ1) is 7.67. The van der Waals surface area contributed by atoms with E-state index in [4.69, 9.17) is 11.6 Å². The Bertz CT molecular complexity index is 193. The molecule has 56 valence electrons. The number of halogens is 1.